The first-order valence-corrected chi connectivity index (χ1v) is 9.03. The average molecular weight is 323 g/mol. The van der Waals surface area contributed by atoms with E-state index in [2.05, 4.69) is 14.9 Å². The highest BCUT2D eigenvalue weighted by molar-refractivity contribution is 7.92. The Labute approximate surface area is 130 Å². The van der Waals surface area contributed by atoms with Crippen LogP contribution in [0.15, 0.2) is 29.7 Å². The van der Waals surface area contributed by atoms with E-state index < -0.39 is 10.0 Å². The number of sulfonamides is 1. The standard InChI is InChI=1S/C14H21N5O2S/c1-11(2)18-10-13(8-16-18)17-22(20,21)14-6-7-15-19(14)9-12-4-3-5-12/h6-8,10-12,17H,3-5,9H2,1-2H3. The minimum absolute atomic E-state index is 0.183. The van der Waals surface area contributed by atoms with E-state index >= 15 is 0 Å². The van der Waals surface area contributed by atoms with E-state index in [1.807, 2.05) is 13.8 Å². The van der Waals surface area contributed by atoms with Gasteiger partial charge in [-0.3, -0.25) is 14.1 Å². The summed E-state index contributed by atoms with van der Waals surface area (Å²) < 4.78 is 31.0. The second-order valence-electron chi connectivity index (χ2n) is 6.06. The molecule has 2 aromatic rings. The SMILES string of the molecule is CC(C)n1cc(NS(=O)(=O)c2ccnn2CC2CCC2)cn1. The lowest BCUT2D eigenvalue weighted by Crippen LogP contribution is -2.23. The predicted molar refractivity (Wildman–Crippen MR) is 83.0 cm³/mol. The fraction of sp³-hybridized carbons (Fsp3) is 0.571. The summed E-state index contributed by atoms with van der Waals surface area (Å²) in [5, 5.41) is 8.50. The molecule has 3 rings (SSSR count). The molecule has 0 atom stereocenters. The molecule has 0 unspecified atom stereocenters. The lowest BCUT2D eigenvalue weighted by molar-refractivity contribution is 0.258. The number of nitrogens with one attached hydrogen (secondary N) is 1. The summed E-state index contributed by atoms with van der Waals surface area (Å²) in [6.45, 7) is 4.63. The molecule has 1 N–H and O–H groups in total. The highest BCUT2D eigenvalue weighted by Gasteiger charge is 2.24. The predicted octanol–water partition coefficient (Wildman–Crippen LogP) is 2.26. The molecule has 0 bridgehead atoms. The van der Waals surface area contributed by atoms with E-state index in [0.717, 1.165) is 12.8 Å². The van der Waals surface area contributed by atoms with Gasteiger partial charge in [-0.25, -0.2) is 0 Å². The summed E-state index contributed by atoms with van der Waals surface area (Å²) in [5.41, 5.74) is 0.463. The molecule has 120 valence electrons. The van der Waals surface area contributed by atoms with Gasteiger partial charge in [0.2, 0.25) is 0 Å². The Kier molecular flexibility index (Phi) is 3.94. The average Bonchev–Trinajstić information content (AvgIpc) is 3.02. The van der Waals surface area contributed by atoms with Crippen molar-refractivity contribution in [3.63, 3.8) is 0 Å². The van der Waals surface area contributed by atoms with Gasteiger partial charge in [0.25, 0.3) is 10.0 Å². The van der Waals surface area contributed by atoms with Crippen LogP contribution in [0.4, 0.5) is 5.69 Å². The van der Waals surface area contributed by atoms with Gasteiger partial charge in [0.1, 0.15) is 0 Å². The van der Waals surface area contributed by atoms with Crippen LogP contribution in [0.3, 0.4) is 0 Å². The Morgan fingerprint density at radius 1 is 1.36 bits per heavy atom. The fourth-order valence-corrected chi connectivity index (χ4v) is 3.65. The Balaban J connectivity index is 1.78. The molecule has 1 saturated carbocycles. The van der Waals surface area contributed by atoms with E-state index in [-0.39, 0.29) is 11.1 Å². The van der Waals surface area contributed by atoms with E-state index in [1.165, 1.54) is 24.9 Å². The van der Waals surface area contributed by atoms with Crippen LogP contribution in [0, 0.1) is 5.92 Å². The Bertz CT molecular complexity index is 743. The maximum atomic E-state index is 12.5. The van der Waals surface area contributed by atoms with Crippen LogP contribution in [0.5, 0.6) is 0 Å². The van der Waals surface area contributed by atoms with Crippen molar-refractivity contribution < 1.29 is 8.42 Å². The van der Waals surface area contributed by atoms with E-state index in [1.54, 1.807) is 15.6 Å². The Morgan fingerprint density at radius 3 is 2.73 bits per heavy atom. The molecule has 22 heavy (non-hydrogen) atoms. The van der Waals surface area contributed by atoms with Crippen LogP contribution in [0.25, 0.3) is 0 Å². The summed E-state index contributed by atoms with van der Waals surface area (Å²) >= 11 is 0. The zero-order valence-electron chi connectivity index (χ0n) is 12.8. The van der Waals surface area contributed by atoms with Crippen molar-refractivity contribution in [3.8, 4) is 0 Å². The van der Waals surface area contributed by atoms with E-state index in [9.17, 15) is 8.42 Å². The lowest BCUT2D eigenvalue weighted by Gasteiger charge is -2.25. The molecule has 0 spiro atoms. The Morgan fingerprint density at radius 2 is 2.14 bits per heavy atom. The van der Waals surface area contributed by atoms with Gasteiger partial charge in [-0.1, -0.05) is 6.42 Å². The minimum Gasteiger partial charge on any atom is -0.275 e. The van der Waals surface area contributed by atoms with E-state index in [0.29, 0.717) is 18.2 Å². The fourth-order valence-electron chi connectivity index (χ4n) is 2.49. The summed E-state index contributed by atoms with van der Waals surface area (Å²) in [6.07, 6.45) is 8.26. The van der Waals surface area contributed by atoms with Crippen molar-refractivity contribution in [1.82, 2.24) is 19.6 Å². The third-order valence-electron chi connectivity index (χ3n) is 3.99. The third-order valence-corrected chi connectivity index (χ3v) is 5.39. The number of nitrogens with zero attached hydrogens (tertiary/aromatic N) is 4. The zero-order valence-corrected chi connectivity index (χ0v) is 13.6. The number of hydrogen-bond donors (Lipinski definition) is 1. The summed E-state index contributed by atoms with van der Waals surface area (Å²) in [5.74, 6) is 0.539. The topological polar surface area (TPSA) is 81.8 Å². The minimum atomic E-state index is -3.65. The van der Waals surface area contributed by atoms with Crippen LogP contribution in [-0.2, 0) is 16.6 Å². The molecule has 1 aliphatic carbocycles. The highest BCUT2D eigenvalue weighted by atomic mass is 32.2. The zero-order chi connectivity index (χ0) is 15.7. The van der Waals surface area contributed by atoms with Crippen molar-refractivity contribution in [2.75, 3.05) is 4.72 Å². The normalized spacial score (nSPS) is 16.0. The molecule has 8 heteroatoms. The molecule has 7 nitrogen and oxygen atoms in total. The van der Waals surface area contributed by atoms with Gasteiger partial charge in [0.15, 0.2) is 5.03 Å². The quantitative estimate of drug-likeness (QED) is 0.884. The second-order valence-corrected chi connectivity index (χ2v) is 7.69. The molecule has 2 heterocycles. The maximum absolute atomic E-state index is 12.5. The van der Waals surface area contributed by atoms with Gasteiger partial charge >= 0.3 is 0 Å². The maximum Gasteiger partial charge on any atom is 0.279 e. The van der Waals surface area contributed by atoms with Crippen LogP contribution in [-0.4, -0.2) is 28.0 Å². The van der Waals surface area contributed by atoms with Crippen molar-refractivity contribution >= 4 is 15.7 Å². The van der Waals surface area contributed by atoms with Crippen molar-refractivity contribution in [2.24, 2.45) is 5.92 Å². The molecule has 0 amide bonds. The smallest absolute Gasteiger partial charge is 0.275 e. The van der Waals surface area contributed by atoms with Gasteiger partial charge in [-0.15, -0.1) is 0 Å². The van der Waals surface area contributed by atoms with Gasteiger partial charge in [-0.2, -0.15) is 18.6 Å². The third kappa shape index (κ3) is 3.01. The molecule has 0 aliphatic heterocycles. The molecular weight excluding hydrogens is 302 g/mol. The van der Waals surface area contributed by atoms with Gasteiger partial charge in [0, 0.05) is 18.8 Å². The summed E-state index contributed by atoms with van der Waals surface area (Å²) in [4.78, 5) is 0. The highest BCUT2D eigenvalue weighted by Crippen LogP contribution is 2.28. The lowest BCUT2D eigenvalue weighted by atomic mass is 9.85. The van der Waals surface area contributed by atoms with Crippen LogP contribution >= 0.6 is 0 Å². The van der Waals surface area contributed by atoms with Crippen molar-refractivity contribution in [2.45, 2.75) is 50.7 Å². The number of aromatic nitrogens is 4. The van der Waals surface area contributed by atoms with Gasteiger partial charge in [-0.05, 0) is 38.7 Å². The first-order valence-electron chi connectivity index (χ1n) is 7.54. The van der Waals surface area contributed by atoms with Gasteiger partial charge < -0.3 is 0 Å². The molecule has 0 radical (unpaired) electrons. The first kappa shape index (κ1) is 15.1. The molecule has 0 saturated heterocycles. The number of anilines is 1. The number of hydrogen-bond acceptors (Lipinski definition) is 4. The number of rotatable bonds is 6. The molecule has 1 fully saturated rings. The van der Waals surface area contributed by atoms with Crippen molar-refractivity contribution in [3.05, 3.63) is 24.7 Å². The van der Waals surface area contributed by atoms with Crippen LogP contribution < -0.4 is 4.72 Å². The monoisotopic (exact) mass is 323 g/mol. The summed E-state index contributed by atoms with van der Waals surface area (Å²) in [7, 11) is -3.65. The second kappa shape index (κ2) is 5.75. The Hall–Kier alpha value is -1.83. The molecule has 2 aromatic heterocycles. The van der Waals surface area contributed by atoms with Crippen LogP contribution in [0.2, 0.25) is 0 Å². The summed E-state index contributed by atoms with van der Waals surface area (Å²) in [6, 6.07) is 1.72. The van der Waals surface area contributed by atoms with Crippen molar-refractivity contribution in [1.29, 1.82) is 0 Å². The van der Waals surface area contributed by atoms with E-state index in [4.69, 9.17) is 0 Å². The van der Waals surface area contributed by atoms with Crippen LogP contribution in [0.1, 0.15) is 39.2 Å². The first-order chi connectivity index (χ1) is 10.5. The molecule has 0 aromatic carbocycles. The molecular formula is C14H21N5O2S. The van der Waals surface area contributed by atoms with Gasteiger partial charge in [0.05, 0.1) is 18.1 Å². The molecule has 1 aliphatic rings. The largest absolute Gasteiger partial charge is 0.279 e.